The van der Waals surface area contributed by atoms with Gasteiger partial charge in [0.25, 0.3) is 0 Å². The molecule has 1 aliphatic carbocycles. The summed E-state index contributed by atoms with van der Waals surface area (Å²) in [4.78, 5) is 13.5. The molecule has 21 heavy (non-hydrogen) atoms. The van der Waals surface area contributed by atoms with Gasteiger partial charge in [0.2, 0.25) is 15.6 Å². The summed E-state index contributed by atoms with van der Waals surface area (Å²) in [6.07, 6.45) is 3.93. The molecule has 0 saturated carbocycles. The van der Waals surface area contributed by atoms with Crippen molar-refractivity contribution in [3.8, 4) is 0 Å². The molecule has 1 heterocycles. The Labute approximate surface area is 123 Å². The molecule has 0 amide bonds. The van der Waals surface area contributed by atoms with Gasteiger partial charge >= 0.3 is 0 Å². The lowest BCUT2D eigenvalue weighted by molar-refractivity contribution is 0.507. The van der Waals surface area contributed by atoms with Crippen LogP contribution in [0.5, 0.6) is 0 Å². The highest BCUT2D eigenvalue weighted by atomic mass is 32.2. The van der Waals surface area contributed by atoms with Crippen molar-refractivity contribution in [2.45, 2.75) is 30.2 Å². The van der Waals surface area contributed by atoms with Gasteiger partial charge in [0, 0.05) is 18.3 Å². The van der Waals surface area contributed by atoms with Crippen LogP contribution < -0.4 is 10.3 Å². The standard InChI is InChI=1S/C15H16N2O3S/c18-15-9-8-12(10-16-15)21(19,20)17-14-7-3-5-11-4-1-2-6-13(11)14/h1-2,4,6,8-10,14,17H,3,5,7H2,(H,16,18). The number of benzene rings is 1. The maximum absolute atomic E-state index is 12.4. The van der Waals surface area contributed by atoms with Crippen molar-refractivity contribution in [1.29, 1.82) is 0 Å². The summed E-state index contributed by atoms with van der Waals surface area (Å²) in [5, 5.41) is 0. The molecule has 6 heteroatoms. The summed E-state index contributed by atoms with van der Waals surface area (Å²) in [6, 6.07) is 10.2. The molecule has 5 nitrogen and oxygen atoms in total. The fraction of sp³-hybridized carbons (Fsp3) is 0.267. The van der Waals surface area contributed by atoms with Crippen LogP contribution in [0.25, 0.3) is 0 Å². The van der Waals surface area contributed by atoms with E-state index in [1.807, 2.05) is 24.3 Å². The van der Waals surface area contributed by atoms with E-state index < -0.39 is 10.0 Å². The van der Waals surface area contributed by atoms with E-state index in [9.17, 15) is 13.2 Å². The number of pyridine rings is 1. The van der Waals surface area contributed by atoms with Crippen molar-refractivity contribution in [3.63, 3.8) is 0 Å². The van der Waals surface area contributed by atoms with E-state index in [0.717, 1.165) is 24.8 Å². The van der Waals surface area contributed by atoms with Gasteiger partial charge in [0.1, 0.15) is 0 Å². The zero-order valence-electron chi connectivity index (χ0n) is 11.4. The summed E-state index contributed by atoms with van der Waals surface area (Å²) in [7, 11) is -3.64. The Morgan fingerprint density at radius 3 is 2.71 bits per heavy atom. The van der Waals surface area contributed by atoms with Crippen LogP contribution in [0.3, 0.4) is 0 Å². The van der Waals surface area contributed by atoms with Crippen molar-refractivity contribution >= 4 is 10.0 Å². The SMILES string of the molecule is O=c1ccc(S(=O)(=O)NC2CCCc3ccccc32)c[nH]1. The second-order valence-electron chi connectivity index (χ2n) is 5.15. The summed E-state index contributed by atoms with van der Waals surface area (Å²) < 4.78 is 27.5. The van der Waals surface area contributed by atoms with E-state index in [2.05, 4.69) is 9.71 Å². The number of hydrogen-bond donors (Lipinski definition) is 2. The zero-order chi connectivity index (χ0) is 14.9. The maximum Gasteiger partial charge on any atom is 0.247 e. The largest absolute Gasteiger partial charge is 0.328 e. The molecule has 1 aliphatic rings. The van der Waals surface area contributed by atoms with Crippen LogP contribution in [0.1, 0.15) is 30.0 Å². The van der Waals surface area contributed by atoms with Gasteiger partial charge in [-0.05, 0) is 36.5 Å². The van der Waals surface area contributed by atoms with E-state index in [0.29, 0.717) is 0 Å². The second-order valence-corrected chi connectivity index (χ2v) is 6.87. The van der Waals surface area contributed by atoms with Crippen molar-refractivity contribution in [3.05, 3.63) is 64.1 Å². The molecule has 0 radical (unpaired) electrons. The minimum absolute atomic E-state index is 0.0742. The maximum atomic E-state index is 12.4. The van der Waals surface area contributed by atoms with Crippen LogP contribution in [0, 0.1) is 0 Å². The fourth-order valence-corrected chi connectivity index (χ4v) is 3.91. The van der Waals surface area contributed by atoms with Gasteiger partial charge in [0.15, 0.2) is 0 Å². The topological polar surface area (TPSA) is 79.0 Å². The molecule has 0 aliphatic heterocycles. The summed E-state index contributed by atoms with van der Waals surface area (Å²) in [5.74, 6) is 0. The van der Waals surface area contributed by atoms with Gasteiger partial charge in [-0.3, -0.25) is 4.79 Å². The number of nitrogens with one attached hydrogen (secondary N) is 2. The van der Waals surface area contributed by atoms with E-state index in [-0.39, 0.29) is 16.5 Å². The molecular weight excluding hydrogens is 288 g/mol. The number of H-pyrrole nitrogens is 1. The van der Waals surface area contributed by atoms with Gasteiger partial charge in [0.05, 0.1) is 4.90 Å². The molecule has 2 aromatic rings. The molecule has 0 spiro atoms. The van der Waals surface area contributed by atoms with Gasteiger partial charge in [-0.1, -0.05) is 24.3 Å². The minimum Gasteiger partial charge on any atom is -0.328 e. The van der Waals surface area contributed by atoms with E-state index in [1.165, 1.54) is 23.9 Å². The molecule has 0 saturated heterocycles. The van der Waals surface area contributed by atoms with Crippen molar-refractivity contribution in [2.24, 2.45) is 0 Å². The lowest BCUT2D eigenvalue weighted by Gasteiger charge is -2.26. The highest BCUT2D eigenvalue weighted by molar-refractivity contribution is 7.89. The summed E-state index contributed by atoms with van der Waals surface area (Å²) in [5.41, 5.74) is 1.91. The Hall–Kier alpha value is -1.92. The number of sulfonamides is 1. The minimum atomic E-state index is -3.64. The molecule has 1 atom stereocenters. The predicted molar refractivity (Wildman–Crippen MR) is 79.5 cm³/mol. The van der Waals surface area contributed by atoms with E-state index in [1.54, 1.807) is 0 Å². The number of aromatic nitrogens is 1. The quantitative estimate of drug-likeness (QED) is 0.906. The number of aromatic amines is 1. The zero-order valence-corrected chi connectivity index (χ0v) is 12.2. The third kappa shape index (κ3) is 2.91. The highest BCUT2D eigenvalue weighted by Crippen LogP contribution is 2.30. The van der Waals surface area contributed by atoms with E-state index in [4.69, 9.17) is 0 Å². The van der Waals surface area contributed by atoms with Crippen LogP contribution >= 0.6 is 0 Å². The Balaban J connectivity index is 1.90. The summed E-state index contributed by atoms with van der Waals surface area (Å²) in [6.45, 7) is 0. The average Bonchev–Trinajstić information content (AvgIpc) is 2.48. The second kappa shape index (κ2) is 5.46. The van der Waals surface area contributed by atoms with Crippen molar-refractivity contribution in [2.75, 3.05) is 0 Å². The first kappa shape index (κ1) is 14.0. The molecule has 0 fully saturated rings. The number of hydrogen-bond acceptors (Lipinski definition) is 3. The molecule has 1 aromatic heterocycles. The van der Waals surface area contributed by atoms with Crippen LogP contribution in [0.2, 0.25) is 0 Å². The fourth-order valence-electron chi connectivity index (χ4n) is 2.70. The van der Waals surface area contributed by atoms with Crippen LogP contribution in [0.15, 0.2) is 52.3 Å². The molecular formula is C15H16N2O3S. The molecule has 0 bridgehead atoms. The van der Waals surface area contributed by atoms with Crippen LogP contribution in [0.4, 0.5) is 0 Å². The third-order valence-corrected chi connectivity index (χ3v) is 5.20. The van der Waals surface area contributed by atoms with Crippen molar-refractivity contribution in [1.82, 2.24) is 9.71 Å². The number of aryl methyl sites for hydroxylation is 1. The van der Waals surface area contributed by atoms with Crippen LogP contribution in [-0.2, 0) is 16.4 Å². The first-order chi connectivity index (χ1) is 10.1. The van der Waals surface area contributed by atoms with Gasteiger partial charge in [-0.15, -0.1) is 0 Å². The Morgan fingerprint density at radius 2 is 1.95 bits per heavy atom. The first-order valence-electron chi connectivity index (χ1n) is 6.85. The molecule has 1 unspecified atom stereocenters. The average molecular weight is 304 g/mol. The van der Waals surface area contributed by atoms with E-state index >= 15 is 0 Å². The predicted octanol–water partition coefficient (Wildman–Crippen LogP) is 1.73. The van der Waals surface area contributed by atoms with Crippen molar-refractivity contribution < 1.29 is 8.42 Å². The normalized spacial score (nSPS) is 18.2. The Morgan fingerprint density at radius 1 is 1.14 bits per heavy atom. The lowest BCUT2D eigenvalue weighted by atomic mass is 9.88. The molecule has 3 rings (SSSR count). The molecule has 2 N–H and O–H groups in total. The molecule has 1 aromatic carbocycles. The Kier molecular flexibility index (Phi) is 3.65. The third-order valence-electron chi connectivity index (χ3n) is 3.73. The number of rotatable bonds is 3. The Bertz CT molecular complexity index is 791. The first-order valence-corrected chi connectivity index (χ1v) is 8.33. The van der Waals surface area contributed by atoms with Gasteiger partial charge < -0.3 is 4.98 Å². The monoisotopic (exact) mass is 304 g/mol. The highest BCUT2D eigenvalue weighted by Gasteiger charge is 2.25. The number of fused-ring (bicyclic) bond motifs is 1. The lowest BCUT2D eigenvalue weighted by Crippen LogP contribution is -2.31. The smallest absolute Gasteiger partial charge is 0.247 e. The van der Waals surface area contributed by atoms with Crippen LogP contribution in [-0.4, -0.2) is 13.4 Å². The van der Waals surface area contributed by atoms with Gasteiger partial charge in [-0.2, -0.15) is 0 Å². The molecule has 110 valence electrons. The summed E-state index contributed by atoms with van der Waals surface area (Å²) >= 11 is 0. The van der Waals surface area contributed by atoms with Gasteiger partial charge in [-0.25, -0.2) is 13.1 Å².